The number of hydrogen-bond donors (Lipinski definition) is 0. The molecule has 4 heteroatoms. The molecular formula is C16H17ClN2O. The highest BCUT2D eigenvalue weighted by Gasteiger charge is 2.18. The molecule has 0 saturated carbocycles. The molecule has 0 unspecified atom stereocenters. The Balaban J connectivity index is 1.95. The van der Waals surface area contributed by atoms with Gasteiger partial charge in [0.1, 0.15) is 10.9 Å². The lowest BCUT2D eigenvalue weighted by atomic mass is 10.2. The zero-order valence-electron chi connectivity index (χ0n) is 11.5. The quantitative estimate of drug-likeness (QED) is 0.795. The third kappa shape index (κ3) is 2.63. The predicted octanol–water partition coefficient (Wildman–Crippen LogP) is 4.07. The summed E-state index contributed by atoms with van der Waals surface area (Å²) in [6.07, 6.45) is 4.10. The Kier molecular flexibility index (Phi) is 3.88. The van der Waals surface area contributed by atoms with Gasteiger partial charge < -0.3 is 4.74 Å². The molecule has 0 atom stereocenters. The van der Waals surface area contributed by atoms with E-state index in [1.54, 1.807) is 0 Å². The molecule has 1 aromatic carbocycles. The SMILES string of the molecule is CCCOc1cccc(-c2nc(Cl)c3c(n2)CCC3)c1. The van der Waals surface area contributed by atoms with Crippen molar-refractivity contribution in [3.8, 4) is 17.1 Å². The van der Waals surface area contributed by atoms with E-state index in [1.165, 1.54) is 0 Å². The van der Waals surface area contributed by atoms with E-state index in [4.69, 9.17) is 16.3 Å². The molecule has 0 fully saturated rings. The van der Waals surface area contributed by atoms with Crippen LogP contribution in [0.3, 0.4) is 0 Å². The summed E-state index contributed by atoms with van der Waals surface area (Å²) in [5.74, 6) is 1.54. The summed E-state index contributed by atoms with van der Waals surface area (Å²) in [4.78, 5) is 9.09. The number of ether oxygens (including phenoxy) is 1. The van der Waals surface area contributed by atoms with Crippen molar-refractivity contribution in [1.29, 1.82) is 0 Å². The third-order valence-corrected chi connectivity index (χ3v) is 3.76. The molecule has 0 radical (unpaired) electrons. The standard InChI is InChI=1S/C16H17ClN2O/c1-2-9-20-12-6-3-5-11(10-12)16-18-14-8-4-7-13(14)15(17)19-16/h3,5-6,10H,2,4,7-9H2,1H3. The molecule has 104 valence electrons. The smallest absolute Gasteiger partial charge is 0.161 e. The predicted molar refractivity (Wildman–Crippen MR) is 80.3 cm³/mol. The highest BCUT2D eigenvalue weighted by atomic mass is 35.5. The van der Waals surface area contributed by atoms with E-state index in [2.05, 4.69) is 16.9 Å². The normalized spacial score (nSPS) is 13.3. The number of rotatable bonds is 4. The van der Waals surface area contributed by atoms with Crippen LogP contribution in [0.4, 0.5) is 0 Å². The number of nitrogens with zero attached hydrogens (tertiary/aromatic N) is 2. The molecule has 0 amide bonds. The van der Waals surface area contributed by atoms with Crippen LogP contribution in [0.25, 0.3) is 11.4 Å². The van der Waals surface area contributed by atoms with E-state index in [0.29, 0.717) is 11.0 Å². The second-order valence-electron chi connectivity index (χ2n) is 4.99. The average molecular weight is 289 g/mol. The van der Waals surface area contributed by atoms with Crippen molar-refractivity contribution in [2.45, 2.75) is 32.6 Å². The lowest BCUT2D eigenvalue weighted by molar-refractivity contribution is 0.317. The van der Waals surface area contributed by atoms with Gasteiger partial charge >= 0.3 is 0 Å². The summed E-state index contributed by atoms with van der Waals surface area (Å²) in [5.41, 5.74) is 3.17. The summed E-state index contributed by atoms with van der Waals surface area (Å²) in [7, 11) is 0. The largest absolute Gasteiger partial charge is 0.494 e. The molecule has 1 heterocycles. The number of halogens is 1. The second-order valence-corrected chi connectivity index (χ2v) is 5.35. The Labute approximate surface area is 124 Å². The van der Waals surface area contributed by atoms with Crippen LogP contribution in [-0.4, -0.2) is 16.6 Å². The number of benzene rings is 1. The van der Waals surface area contributed by atoms with E-state index in [0.717, 1.165) is 54.9 Å². The average Bonchev–Trinajstić information content (AvgIpc) is 2.94. The van der Waals surface area contributed by atoms with Crippen LogP contribution in [0.1, 0.15) is 31.0 Å². The topological polar surface area (TPSA) is 35.0 Å². The fraction of sp³-hybridized carbons (Fsp3) is 0.375. The van der Waals surface area contributed by atoms with Gasteiger partial charge in [-0.3, -0.25) is 0 Å². The van der Waals surface area contributed by atoms with Crippen molar-refractivity contribution in [1.82, 2.24) is 9.97 Å². The van der Waals surface area contributed by atoms with Crippen LogP contribution in [0.5, 0.6) is 5.75 Å². The Morgan fingerprint density at radius 2 is 2.15 bits per heavy atom. The number of aryl methyl sites for hydroxylation is 1. The van der Waals surface area contributed by atoms with Crippen molar-refractivity contribution in [2.75, 3.05) is 6.61 Å². The van der Waals surface area contributed by atoms with Crippen molar-refractivity contribution >= 4 is 11.6 Å². The number of aromatic nitrogens is 2. The van der Waals surface area contributed by atoms with Crippen LogP contribution in [-0.2, 0) is 12.8 Å². The van der Waals surface area contributed by atoms with E-state index >= 15 is 0 Å². The maximum absolute atomic E-state index is 6.27. The van der Waals surface area contributed by atoms with Gasteiger partial charge in [-0.25, -0.2) is 9.97 Å². The van der Waals surface area contributed by atoms with Crippen molar-refractivity contribution < 1.29 is 4.74 Å². The van der Waals surface area contributed by atoms with Crippen LogP contribution in [0, 0.1) is 0 Å². The summed E-state index contributed by atoms with van der Waals surface area (Å²) >= 11 is 6.27. The zero-order chi connectivity index (χ0) is 13.9. The highest BCUT2D eigenvalue weighted by molar-refractivity contribution is 6.30. The zero-order valence-corrected chi connectivity index (χ0v) is 12.3. The van der Waals surface area contributed by atoms with Gasteiger partial charge in [0.05, 0.1) is 6.61 Å². The minimum absolute atomic E-state index is 0.599. The lowest BCUT2D eigenvalue weighted by Crippen LogP contribution is -1.98. The lowest BCUT2D eigenvalue weighted by Gasteiger charge is -2.08. The molecule has 0 spiro atoms. The van der Waals surface area contributed by atoms with Crippen LogP contribution >= 0.6 is 11.6 Å². The monoisotopic (exact) mass is 288 g/mol. The first-order valence-corrected chi connectivity index (χ1v) is 7.44. The van der Waals surface area contributed by atoms with Gasteiger partial charge in [0.25, 0.3) is 0 Å². The van der Waals surface area contributed by atoms with Gasteiger partial charge in [0.15, 0.2) is 5.82 Å². The first-order chi connectivity index (χ1) is 9.78. The summed E-state index contributed by atoms with van der Waals surface area (Å²) in [6.45, 7) is 2.81. The van der Waals surface area contributed by atoms with Crippen molar-refractivity contribution in [2.24, 2.45) is 0 Å². The summed E-state index contributed by atoms with van der Waals surface area (Å²) < 4.78 is 5.65. The molecule has 0 N–H and O–H groups in total. The maximum Gasteiger partial charge on any atom is 0.161 e. The summed E-state index contributed by atoms with van der Waals surface area (Å²) in [6, 6.07) is 7.88. The molecule has 3 rings (SSSR count). The Bertz CT molecular complexity index is 628. The highest BCUT2D eigenvalue weighted by Crippen LogP contribution is 2.29. The van der Waals surface area contributed by atoms with Crippen LogP contribution in [0.2, 0.25) is 5.15 Å². The van der Waals surface area contributed by atoms with Gasteiger partial charge in [0, 0.05) is 16.8 Å². The number of hydrogen-bond acceptors (Lipinski definition) is 3. The van der Waals surface area contributed by atoms with Gasteiger partial charge in [-0.05, 0) is 37.8 Å². The van der Waals surface area contributed by atoms with Gasteiger partial charge in [0.2, 0.25) is 0 Å². The van der Waals surface area contributed by atoms with Gasteiger partial charge in [-0.2, -0.15) is 0 Å². The van der Waals surface area contributed by atoms with Crippen LogP contribution in [0.15, 0.2) is 24.3 Å². The van der Waals surface area contributed by atoms with Gasteiger partial charge in [-0.1, -0.05) is 30.7 Å². The molecule has 0 bridgehead atoms. The third-order valence-electron chi connectivity index (χ3n) is 3.45. The summed E-state index contributed by atoms with van der Waals surface area (Å²) in [5, 5.41) is 0.599. The molecule has 0 saturated heterocycles. The molecular weight excluding hydrogens is 272 g/mol. The van der Waals surface area contributed by atoms with E-state index < -0.39 is 0 Å². The van der Waals surface area contributed by atoms with E-state index in [-0.39, 0.29) is 0 Å². The van der Waals surface area contributed by atoms with Crippen molar-refractivity contribution in [3.05, 3.63) is 40.7 Å². The molecule has 1 aliphatic rings. The first kappa shape index (κ1) is 13.4. The van der Waals surface area contributed by atoms with E-state index in [1.807, 2.05) is 24.3 Å². The maximum atomic E-state index is 6.27. The van der Waals surface area contributed by atoms with E-state index in [9.17, 15) is 0 Å². The fourth-order valence-corrected chi connectivity index (χ4v) is 2.74. The molecule has 3 nitrogen and oxygen atoms in total. The van der Waals surface area contributed by atoms with Crippen LogP contribution < -0.4 is 4.74 Å². The fourth-order valence-electron chi connectivity index (χ4n) is 2.46. The van der Waals surface area contributed by atoms with Gasteiger partial charge in [-0.15, -0.1) is 0 Å². The Hall–Kier alpha value is -1.61. The Morgan fingerprint density at radius 1 is 1.25 bits per heavy atom. The molecule has 1 aromatic heterocycles. The second kappa shape index (κ2) is 5.80. The molecule has 1 aliphatic carbocycles. The van der Waals surface area contributed by atoms with Crippen molar-refractivity contribution in [3.63, 3.8) is 0 Å². The number of fused-ring (bicyclic) bond motifs is 1. The minimum atomic E-state index is 0.599. The minimum Gasteiger partial charge on any atom is -0.494 e. The first-order valence-electron chi connectivity index (χ1n) is 7.06. The molecule has 0 aliphatic heterocycles. The Morgan fingerprint density at radius 3 is 3.00 bits per heavy atom. The molecule has 20 heavy (non-hydrogen) atoms. The molecule has 2 aromatic rings.